The van der Waals surface area contributed by atoms with E-state index < -0.39 is 17.9 Å². The number of amides is 1. The van der Waals surface area contributed by atoms with Gasteiger partial charge < -0.3 is 24.5 Å². The molecule has 0 unspecified atom stereocenters. The maximum atomic E-state index is 12.7. The van der Waals surface area contributed by atoms with Crippen LogP contribution in [0, 0.1) is 0 Å². The van der Waals surface area contributed by atoms with E-state index in [0.717, 1.165) is 11.1 Å². The number of imidazole rings is 1. The van der Waals surface area contributed by atoms with Crippen LogP contribution in [0.15, 0.2) is 67.3 Å². The van der Waals surface area contributed by atoms with Crippen molar-refractivity contribution in [1.29, 1.82) is 0 Å². The second-order valence-corrected chi connectivity index (χ2v) is 7.51. The molecule has 10 nitrogen and oxygen atoms in total. The van der Waals surface area contributed by atoms with E-state index in [2.05, 4.69) is 20.3 Å². The molecule has 0 aliphatic heterocycles. The number of fused-ring (bicyclic) bond motifs is 1. The lowest BCUT2D eigenvalue weighted by Crippen LogP contribution is -2.44. The van der Waals surface area contributed by atoms with Gasteiger partial charge in [0.05, 0.1) is 13.4 Å². The molecule has 2 aromatic heterocycles. The zero-order valence-corrected chi connectivity index (χ0v) is 18.4. The summed E-state index contributed by atoms with van der Waals surface area (Å²) in [5.74, 6) is -0.564. The Morgan fingerprint density at radius 1 is 1.03 bits per heavy atom. The van der Waals surface area contributed by atoms with Gasteiger partial charge in [-0.05, 0) is 23.3 Å². The van der Waals surface area contributed by atoms with E-state index in [4.69, 9.17) is 9.47 Å². The van der Waals surface area contributed by atoms with Crippen LogP contribution in [-0.2, 0) is 33.9 Å². The predicted octanol–water partition coefficient (Wildman–Crippen LogP) is 2.01. The number of rotatable bonds is 9. The van der Waals surface area contributed by atoms with Gasteiger partial charge in [-0.15, -0.1) is 0 Å². The topological polar surface area (TPSA) is 128 Å². The Morgan fingerprint density at radius 3 is 2.53 bits per heavy atom. The Kier molecular flexibility index (Phi) is 6.97. The lowest BCUT2D eigenvalue weighted by Gasteiger charge is -2.17. The van der Waals surface area contributed by atoms with Crippen LogP contribution < -0.4 is 10.1 Å². The van der Waals surface area contributed by atoms with E-state index in [1.807, 2.05) is 30.3 Å². The van der Waals surface area contributed by atoms with Gasteiger partial charge in [0.25, 0.3) is 0 Å². The van der Waals surface area contributed by atoms with E-state index in [1.54, 1.807) is 16.7 Å². The molecule has 0 aliphatic carbocycles. The monoisotopic (exact) mass is 461 g/mol. The number of nitrogens with zero attached hydrogens (tertiary/aromatic N) is 4. The summed E-state index contributed by atoms with van der Waals surface area (Å²) in [7, 11) is 1.26. The number of carbonyl (C=O) groups is 2. The highest BCUT2D eigenvalue weighted by molar-refractivity contribution is 5.85. The summed E-state index contributed by atoms with van der Waals surface area (Å²) in [6, 6.07) is 15.1. The van der Waals surface area contributed by atoms with Crippen LogP contribution in [0.25, 0.3) is 11.2 Å². The van der Waals surface area contributed by atoms with Gasteiger partial charge >= 0.3 is 5.97 Å². The fraction of sp³-hybridized carbons (Fsp3) is 0.208. The van der Waals surface area contributed by atoms with Crippen molar-refractivity contribution >= 4 is 23.0 Å². The predicted molar refractivity (Wildman–Crippen MR) is 122 cm³/mol. The van der Waals surface area contributed by atoms with E-state index in [-0.39, 0.29) is 18.7 Å². The summed E-state index contributed by atoms with van der Waals surface area (Å²) in [5, 5.41) is 12.1. The van der Waals surface area contributed by atoms with Crippen LogP contribution >= 0.6 is 0 Å². The van der Waals surface area contributed by atoms with Crippen LogP contribution in [0.5, 0.6) is 11.6 Å². The average molecular weight is 461 g/mol. The van der Waals surface area contributed by atoms with Crippen molar-refractivity contribution < 1.29 is 24.2 Å². The number of hydrogen-bond donors (Lipinski definition) is 2. The van der Waals surface area contributed by atoms with Crippen LogP contribution in [0.4, 0.5) is 0 Å². The summed E-state index contributed by atoms with van der Waals surface area (Å²) in [4.78, 5) is 37.7. The number of aromatic nitrogens is 4. The highest BCUT2D eigenvalue weighted by Gasteiger charge is 2.23. The summed E-state index contributed by atoms with van der Waals surface area (Å²) < 4.78 is 12.2. The first kappa shape index (κ1) is 22.7. The number of methoxy groups -OCH3 is 1. The molecule has 0 saturated heterocycles. The van der Waals surface area contributed by atoms with Crippen LogP contribution in [0.3, 0.4) is 0 Å². The lowest BCUT2D eigenvalue weighted by molar-refractivity contribution is -0.145. The molecule has 2 heterocycles. The molecule has 0 bridgehead atoms. The number of phenolic OH excluding ortho intramolecular Hbond substituents is 1. The number of phenols is 1. The summed E-state index contributed by atoms with van der Waals surface area (Å²) in [6.07, 6.45) is 3.03. The number of hydrogen-bond acceptors (Lipinski definition) is 8. The molecule has 0 fully saturated rings. The molecule has 0 saturated carbocycles. The normalized spacial score (nSPS) is 11.7. The molecular weight excluding hydrogens is 438 g/mol. The first-order valence-electron chi connectivity index (χ1n) is 10.5. The molecule has 1 atom stereocenters. The Bertz CT molecular complexity index is 1270. The Balaban J connectivity index is 1.45. The van der Waals surface area contributed by atoms with Gasteiger partial charge in [-0.2, -0.15) is 4.98 Å². The molecular formula is C24H23N5O5. The average Bonchev–Trinajstić information content (AvgIpc) is 3.27. The first-order chi connectivity index (χ1) is 16.5. The van der Waals surface area contributed by atoms with Gasteiger partial charge in [-0.3, -0.25) is 4.79 Å². The van der Waals surface area contributed by atoms with E-state index >= 15 is 0 Å². The SMILES string of the molecule is COC(=O)[C@H](Cc1ccc(O)cc1)NC(=O)Cn1cnc2c(OCc3ccccc3)ncnc21. The van der Waals surface area contributed by atoms with Crippen molar-refractivity contribution in [1.82, 2.24) is 24.8 Å². The Morgan fingerprint density at radius 2 is 1.79 bits per heavy atom. The fourth-order valence-corrected chi connectivity index (χ4v) is 3.40. The number of nitrogens with one attached hydrogen (secondary N) is 1. The lowest BCUT2D eigenvalue weighted by atomic mass is 10.1. The van der Waals surface area contributed by atoms with Crippen molar-refractivity contribution in [2.75, 3.05) is 7.11 Å². The molecule has 1 amide bonds. The van der Waals surface area contributed by atoms with Crippen LogP contribution in [0.1, 0.15) is 11.1 Å². The van der Waals surface area contributed by atoms with E-state index in [1.165, 1.54) is 31.9 Å². The number of aromatic hydroxyl groups is 1. The van der Waals surface area contributed by atoms with Gasteiger partial charge in [-0.1, -0.05) is 42.5 Å². The number of esters is 1. The molecule has 0 aliphatic rings. The van der Waals surface area contributed by atoms with Gasteiger partial charge in [0.15, 0.2) is 11.2 Å². The van der Waals surface area contributed by atoms with Crippen molar-refractivity contribution in [2.24, 2.45) is 0 Å². The van der Waals surface area contributed by atoms with Gasteiger partial charge in [-0.25, -0.2) is 14.8 Å². The third-order valence-corrected chi connectivity index (χ3v) is 5.10. The smallest absolute Gasteiger partial charge is 0.328 e. The molecule has 2 N–H and O–H groups in total. The Hall–Kier alpha value is -4.47. The molecule has 34 heavy (non-hydrogen) atoms. The van der Waals surface area contributed by atoms with Gasteiger partial charge in [0, 0.05) is 6.42 Å². The molecule has 0 radical (unpaired) electrons. The summed E-state index contributed by atoms with van der Waals surface area (Å²) in [5.41, 5.74) is 2.60. The zero-order valence-electron chi connectivity index (χ0n) is 18.4. The number of ether oxygens (including phenoxy) is 2. The molecule has 2 aromatic carbocycles. The second kappa shape index (κ2) is 10.4. The first-order valence-corrected chi connectivity index (χ1v) is 10.5. The number of benzene rings is 2. The van der Waals surface area contributed by atoms with Crippen molar-refractivity contribution in [2.45, 2.75) is 25.6 Å². The highest BCUT2D eigenvalue weighted by atomic mass is 16.5. The third kappa shape index (κ3) is 5.47. The van der Waals surface area contributed by atoms with Crippen molar-refractivity contribution in [3.05, 3.63) is 78.4 Å². The van der Waals surface area contributed by atoms with E-state index in [9.17, 15) is 14.7 Å². The fourth-order valence-electron chi connectivity index (χ4n) is 3.40. The molecule has 10 heteroatoms. The zero-order chi connectivity index (χ0) is 23.9. The Labute approximate surface area is 195 Å². The maximum absolute atomic E-state index is 12.7. The highest BCUT2D eigenvalue weighted by Crippen LogP contribution is 2.20. The van der Waals surface area contributed by atoms with E-state index in [0.29, 0.717) is 23.7 Å². The quantitative estimate of drug-likeness (QED) is 0.362. The second-order valence-electron chi connectivity index (χ2n) is 7.51. The molecule has 4 aromatic rings. The number of carbonyl (C=O) groups excluding carboxylic acids is 2. The minimum atomic E-state index is -0.892. The van der Waals surface area contributed by atoms with Crippen LogP contribution in [-0.4, -0.2) is 49.7 Å². The van der Waals surface area contributed by atoms with Crippen molar-refractivity contribution in [3.63, 3.8) is 0 Å². The largest absolute Gasteiger partial charge is 0.508 e. The van der Waals surface area contributed by atoms with Crippen molar-refractivity contribution in [3.8, 4) is 11.6 Å². The van der Waals surface area contributed by atoms with Gasteiger partial charge in [0.2, 0.25) is 11.8 Å². The summed E-state index contributed by atoms with van der Waals surface area (Å²) in [6.45, 7) is 0.201. The van der Waals surface area contributed by atoms with Crippen LogP contribution in [0.2, 0.25) is 0 Å². The summed E-state index contributed by atoms with van der Waals surface area (Å²) >= 11 is 0. The standard InChI is InChI=1S/C24H23N5O5/c1-33-24(32)19(11-16-7-9-18(30)10-8-16)28-20(31)12-29-15-27-21-22(29)25-14-26-23(21)34-13-17-5-3-2-4-6-17/h2-10,14-15,19,30H,11-13H2,1H3,(H,28,31)/t19-/m0/s1. The maximum Gasteiger partial charge on any atom is 0.328 e. The molecule has 0 spiro atoms. The molecule has 174 valence electrons. The minimum Gasteiger partial charge on any atom is -0.508 e. The molecule has 4 rings (SSSR count). The van der Waals surface area contributed by atoms with Gasteiger partial charge in [0.1, 0.15) is 31.3 Å². The minimum absolute atomic E-state index is 0.114. The third-order valence-electron chi connectivity index (χ3n) is 5.10.